The largest absolute Gasteiger partial charge is 0.324 e. The van der Waals surface area contributed by atoms with Gasteiger partial charge in [0.15, 0.2) is 0 Å². The molecule has 0 aromatic heterocycles. The third-order valence-corrected chi connectivity index (χ3v) is 4.29. The zero-order valence-corrected chi connectivity index (χ0v) is 13.1. The molecule has 0 aliphatic heterocycles. The van der Waals surface area contributed by atoms with Crippen LogP contribution in [0.3, 0.4) is 0 Å². The molecule has 21 heavy (non-hydrogen) atoms. The minimum atomic E-state index is -3.36. The van der Waals surface area contributed by atoms with Crippen molar-refractivity contribution < 1.29 is 13.2 Å². The van der Waals surface area contributed by atoms with E-state index >= 15 is 0 Å². The first-order chi connectivity index (χ1) is 9.94. The fraction of sp³-hybridized carbons (Fsp3) is 0.533. The van der Waals surface area contributed by atoms with Crippen LogP contribution < -0.4 is 10.0 Å². The van der Waals surface area contributed by atoms with E-state index in [2.05, 4.69) is 10.0 Å². The molecule has 1 aliphatic rings. The van der Waals surface area contributed by atoms with Gasteiger partial charge in [-0.15, -0.1) is 0 Å². The average molecular weight is 310 g/mol. The molecule has 0 bridgehead atoms. The van der Waals surface area contributed by atoms with Gasteiger partial charge in [0, 0.05) is 6.42 Å². The van der Waals surface area contributed by atoms with Crippen molar-refractivity contribution in [3.63, 3.8) is 0 Å². The van der Waals surface area contributed by atoms with E-state index in [-0.39, 0.29) is 5.91 Å². The van der Waals surface area contributed by atoms with Crippen LogP contribution in [0.15, 0.2) is 24.3 Å². The first-order valence-electron chi connectivity index (χ1n) is 7.31. The Morgan fingerprint density at radius 2 is 1.76 bits per heavy atom. The predicted molar refractivity (Wildman–Crippen MR) is 84.7 cm³/mol. The topological polar surface area (TPSA) is 75.3 Å². The second-order valence-electron chi connectivity index (χ2n) is 5.68. The fourth-order valence-electron chi connectivity index (χ4n) is 2.74. The highest BCUT2D eigenvalue weighted by Crippen LogP contribution is 2.27. The fourth-order valence-corrected chi connectivity index (χ4v) is 3.31. The van der Waals surface area contributed by atoms with E-state index in [0.717, 1.165) is 19.1 Å². The van der Waals surface area contributed by atoms with Gasteiger partial charge in [0.1, 0.15) is 0 Å². The lowest BCUT2D eigenvalue weighted by Gasteiger charge is -2.21. The molecule has 5 nitrogen and oxygen atoms in total. The lowest BCUT2D eigenvalue weighted by molar-refractivity contribution is -0.117. The van der Waals surface area contributed by atoms with Gasteiger partial charge >= 0.3 is 0 Å². The van der Waals surface area contributed by atoms with Crippen LogP contribution >= 0.6 is 0 Å². The highest BCUT2D eigenvalue weighted by atomic mass is 32.2. The van der Waals surface area contributed by atoms with Crippen LogP contribution in [0.25, 0.3) is 0 Å². The molecule has 0 unspecified atom stereocenters. The quantitative estimate of drug-likeness (QED) is 0.878. The van der Waals surface area contributed by atoms with E-state index in [1.54, 1.807) is 24.3 Å². The number of carbonyl (C=O) groups excluding carboxylic acids is 1. The summed E-state index contributed by atoms with van der Waals surface area (Å²) in [7, 11) is -3.36. The zero-order chi connectivity index (χ0) is 15.3. The Labute approximate surface area is 126 Å². The van der Waals surface area contributed by atoms with Crippen LogP contribution in [0.4, 0.5) is 11.4 Å². The molecule has 1 aromatic carbocycles. The number of benzene rings is 1. The van der Waals surface area contributed by atoms with E-state index < -0.39 is 10.0 Å². The van der Waals surface area contributed by atoms with Crippen LogP contribution in [0, 0.1) is 5.92 Å². The molecule has 0 atom stereocenters. The molecule has 116 valence electrons. The molecular weight excluding hydrogens is 288 g/mol. The number of nitrogens with one attached hydrogen (secondary N) is 2. The SMILES string of the molecule is CS(=O)(=O)Nc1ccccc1NC(=O)CC1CCCCC1. The highest BCUT2D eigenvalue weighted by Gasteiger charge is 2.18. The van der Waals surface area contributed by atoms with Crippen LogP contribution in [0.1, 0.15) is 38.5 Å². The number of sulfonamides is 1. The smallest absolute Gasteiger partial charge is 0.229 e. The average Bonchev–Trinajstić information content (AvgIpc) is 2.40. The maximum absolute atomic E-state index is 12.1. The molecular formula is C15H22N2O3S. The van der Waals surface area contributed by atoms with Crippen LogP contribution in [0.5, 0.6) is 0 Å². The second kappa shape index (κ2) is 6.93. The van der Waals surface area contributed by atoms with Crippen molar-refractivity contribution in [3.05, 3.63) is 24.3 Å². The van der Waals surface area contributed by atoms with E-state index in [9.17, 15) is 13.2 Å². The molecule has 6 heteroatoms. The van der Waals surface area contributed by atoms with Crippen molar-refractivity contribution in [1.82, 2.24) is 0 Å². The maximum Gasteiger partial charge on any atom is 0.229 e. The molecule has 0 heterocycles. The van der Waals surface area contributed by atoms with Gasteiger partial charge < -0.3 is 5.32 Å². The molecule has 2 N–H and O–H groups in total. The van der Waals surface area contributed by atoms with E-state index in [4.69, 9.17) is 0 Å². The van der Waals surface area contributed by atoms with Crippen LogP contribution in [-0.2, 0) is 14.8 Å². The van der Waals surface area contributed by atoms with E-state index in [1.165, 1.54) is 19.3 Å². The van der Waals surface area contributed by atoms with Gasteiger partial charge in [0.05, 0.1) is 17.6 Å². The first kappa shape index (κ1) is 15.8. The summed E-state index contributed by atoms with van der Waals surface area (Å²) in [6.45, 7) is 0. The van der Waals surface area contributed by atoms with Gasteiger partial charge in [-0.1, -0.05) is 31.4 Å². The van der Waals surface area contributed by atoms with Crippen molar-refractivity contribution in [1.29, 1.82) is 0 Å². The predicted octanol–water partition coefficient (Wildman–Crippen LogP) is 2.97. The van der Waals surface area contributed by atoms with Crippen molar-refractivity contribution in [3.8, 4) is 0 Å². The summed E-state index contributed by atoms with van der Waals surface area (Å²) in [6, 6.07) is 6.83. The number of amides is 1. The van der Waals surface area contributed by atoms with Gasteiger partial charge in [-0.2, -0.15) is 0 Å². The third-order valence-electron chi connectivity index (χ3n) is 3.70. The molecule has 1 amide bonds. The first-order valence-corrected chi connectivity index (χ1v) is 9.20. The Morgan fingerprint density at radius 1 is 1.14 bits per heavy atom. The summed E-state index contributed by atoms with van der Waals surface area (Å²) in [4.78, 5) is 12.1. The maximum atomic E-state index is 12.1. The summed E-state index contributed by atoms with van der Waals surface area (Å²) >= 11 is 0. The standard InChI is InChI=1S/C15H22N2O3S/c1-21(19,20)17-14-10-6-5-9-13(14)16-15(18)11-12-7-3-2-4-8-12/h5-6,9-10,12,17H,2-4,7-8,11H2,1H3,(H,16,18). The second-order valence-corrected chi connectivity index (χ2v) is 7.42. The summed E-state index contributed by atoms with van der Waals surface area (Å²) in [6.07, 6.45) is 7.47. The molecule has 2 rings (SSSR count). The minimum Gasteiger partial charge on any atom is -0.324 e. The Balaban J connectivity index is 2.00. The van der Waals surface area contributed by atoms with Crippen molar-refractivity contribution in [2.75, 3.05) is 16.3 Å². The van der Waals surface area contributed by atoms with E-state index in [1.807, 2.05) is 0 Å². The highest BCUT2D eigenvalue weighted by molar-refractivity contribution is 7.92. The molecule has 0 saturated heterocycles. The Bertz CT molecular complexity index is 593. The number of hydrogen-bond acceptors (Lipinski definition) is 3. The molecule has 0 spiro atoms. The van der Waals surface area contributed by atoms with Crippen LogP contribution in [0.2, 0.25) is 0 Å². The normalized spacial score (nSPS) is 16.4. The monoisotopic (exact) mass is 310 g/mol. The number of carbonyl (C=O) groups is 1. The molecule has 1 aromatic rings. The summed E-state index contributed by atoms with van der Waals surface area (Å²) in [5.41, 5.74) is 0.903. The summed E-state index contributed by atoms with van der Waals surface area (Å²) in [5.74, 6) is 0.401. The van der Waals surface area contributed by atoms with Crippen molar-refractivity contribution >= 4 is 27.3 Å². The summed E-state index contributed by atoms with van der Waals surface area (Å²) < 4.78 is 25.1. The van der Waals surface area contributed by atoms with E-state index in [0.29, 0.717) is 23.7 Å². The van der Waals surface area contributed by atoms with Gasteiger partial charge in [-0.05, 0) is 30.9 Å². The van der Waals surface area contributed by atoms with Gasteiger partial charge in [0.2, 0.25) is 15.9 Å². The van der Waals surface area contributed by atoms with Crippen LogP contribution in [-0.4, -0.2) is 20.6 Å². The molecule has 1 saturated carbocycles. The van der Waals surface area contributed by atoms with Gasteiger partial charge in [-0.25, -0.2) is 8.42 Å². The lowest BCUT2D eigenvalue weighted by Crippen LogP contribution is -2.19. The summed E-state index contributed by atoms with van der Waals surface area (Å²) in [5, 5.41) is 2.81. The minimum absolute atomic E-state index is 0.0512. The molecule has 1 fully saturated rings. The Hall–Kier alpha value is -1.56. The lowest BCUT2D eigenvalue weighted by atomic mass is 9.87. The van der Waals surface area contributed by atoms with Crippen molar-refractivity contribution in [2.24, 2.45) is 5.92 Å². The van der Waals surface area contributed by atoms with Gasteiger partial charge in [-0.3, -0.25) is 9.52 Å². The van der Waals surface area contributed by atoms with Gasteiger partial charge in [0.25, 0.3) is 0 Å². The number of anilines is 2. The molecule has 1 aliphatic carbocycles. The van der Waals surface area contributed by atoms with Crippen molar-refractivity contribution in [2.45, 2.75) is 38.5 Å². The Kier molecular flexibility index (Phi) is 5.22. The molecule has 0 radical (unpaired) electrons. The number of rotatable bonds is 5. The zero-order valence-electron chi connectivity index (χ0n) is 12.3. The number of hydrogen-bond donors (Lipinski definition) is 2. The third kappa shape index (κ3) is 5.38. The Morgan fingerprint density at radius 3 is 2.38 bits per heavy atom. The number of para-hydroxylation sites is 2.